The summed E-state index contributed by atoms with van der Waals surface area (Å²) in [6, 6.07) is 12.8. The lowest BCUT2D eigenvalue weighted by molar-refractivity contribution is -0.384. The molecular formula is C13H9ClN2O4S. The maximum absolute atomic E-state index is 12.0. The average Bonchev–Trinajstić information content (AvgIpc) is 2.48. The van der Waals surface area contributed by atoms with E-state index in [0.29, 0.717) is 0 Å². The van der Waals surface area contributed by atoms with Gasteiger partial charge in [0.05, 0.1) is 9.82 Å². The van der Waals surface area contributed by atoms with Crippen LogP contribution in [-0.4, -0.2) is 18.5 Å². The van der Waals surface area contributed by atoms with Crippen molar-refractivity contribution in [2.24, 2.45) is 4.40 Å². The first-order chi connectivity index (χ1) is 9.90. The second-order valence-corrected chi connectivity index (χ2v) is 5.94. The first-order valence-electron chi connectivity index (χ1n) is 5.70. The molecule has 8 heteroatoms. The van der Waals surface area contributed by atoms with E-state index in [2.05, 4.69) is 4.40 Å². The Labute approximate surface area is 125 Å². The van der Waals surface area contributed by atoms with Crippen LogP contribution in [0.2, 0.25) is 0 Å². The minimum absolute atomic E-state index is 0.0186. The second kappa shape index (κ2) is 6.02. The van der Waals surface area contributed by atoms with E-state index in [0.717, 1.165) is 0 Å². The van der Waals surface area contributed by atoms with Crippen LogP contribution >= 0.6 is 11.6 Å². The monoisotopic (exact) mass is 324 g/mol. The Kier molecular flexibility index (Phi) is 4.35. The molecule has 0 aliphatic heterocycles. The largest absolute Gasteiger partial charge is 0.283 e. The van der Waals surface area contributed by atoms with Crippen molar-refractivity contribution < 1.29 is 13.3 Å². The van der Waals surface area contributed by atoms with Gasteiger partial charge in [0.25, 0.3) is 15.7 Å². The highest BCUT2D eigenvalue weighted by Gasteiger charge is 2.14. The maximum Gasteiger partial charge on any atom is 0.283 e. The van der Waals surface area contributed by atoms with Crippen LogP contribution in [0, 0.1) is 10.1 Å². The topological polar surface area (TPSA) is 89.6 Å². The summed E-state index contributed by atoms with van der Waals surface area (Å²) in [5, 5.41) is 10.3. The van der Waals surface area contributed by atoms with Crippen LogP contribution in [0.5, 0.6) is 0 Å². The van der Waals surface area contributed by atoms with E-state index < -0.39 is 14.9 Å². The summed E-state index contributed by atoms with van der Waals surface area (Å²) in [7, 11) is -3.91. The fraction of sp³-hybridized carbons (Fsp3) is 0. The van der Waals surface area contributed by atoms with E-state index in [1.807, 2.05) is 0 Å². The summed E-state index contributed by atoms with van der Waals surface area (Å²) in [6.45, 7) is 0. The molecule has 0 saturated heterocycles. The zero-order valence-electron chi connectivity index (χ0n) is 10.5. The molecule has 0 N–H and O–H groups in total. The number of non-ortho nitro benzene ring substituents is 1. The smallest absolute Gasteiger partial charge is 0.258 e. The van der Waals surface area contributed by atoms with Crippen LogP contribution in [-0.2, 0) is 10.0 Å². The molecule has 0 heterocycles. The Hall–Kier alpha value is -2.25. The van der Waals surface area contributed by atoms with E-state index >= 15 is 0 Å². The number of nitrogens with zero attached hydrogens (tertiary/aromatic N) is 2. The second-order valence-electron chi connectivity index (χ2n) is 3.97. The molecule has 6 nitrogen and oxygen atoms in total. The number of nitro benzene ring substituents is 1. The molecule has 21 heavy (non-hydrogen) atoms. The van der Waals surface area contributed by atoms with E-state index in [9.17, 15) is 18.5 Å². The third-order valence-electron chi connectivity index (χ3n) is 2.56. The Morgan fingerprint density at radius 2 is 1.62 bits per heavy atom. The highest BCUT2D eigenvalue weighted by molar-refractivity contribution is 7.90. The molecule has 0 aromatic heterocycles. The first kappa shape index (κ1) is 15.1. The van der Waals surface area contributed by atoms with Crippen molar-refractivity contribution in [3.8, 4) is 0 Å². The van der Waals surface area contributed by atoms with Crippen molar-refractivity contribution in [3.63, 3.8) is 0 Å². The van der Waals surface area contributed by atoms with Gasteiger partial charge in [-0.3, -0.25) is 10.1 Å². The van der Waals surface area contributed by atoms with Crippen LogP contribution in [0.3, 0.4) is 0 Å². The molecular weight excluding hydrogens is 316 g/mol. The van der Waals surface area contributed by atoms with Crippen molar-refractivity contribution in [1.29, 1.82) is 0 Å². The fourth-order valence-electron chi connectivity index (χ4n) is 1.52. The lowest BCUT2D eigenvalue weighted by atomic mass is 10.2. The lowest BCUT2D eigenvalue weighted by Crippen LogP contribution is -2.01. The highest BCUT2D eigenvalue weighted by Crippen LogP contribution is 2.17. The number of rotatable bonds is 4. The van der Waals surface area contributed by atoms with Gasteiger partial charge in [-0.05, 0) is 24.3 Å². The standard InChI is InChI=1S/C13H9ClN2O4S/c14-13(10-6-8-11(9-7-10)16(17)18)15-21(19,20)12-4-2-1-3-5-12/h1-9H/b15-13-. The summed E-state index contributed by atoms with van der Waals surface area (Å²) in [6.07, 6.45) is 0. The van der Waals surface area contributed by atoms with E-state index in [1.165, 1.54) is 36.4 Å². The zero-order chi connectivity index (χ0) is 15.5. The van der Waals surface area contributed by atoms with Gasteiger partial charge in [0.15, 0.2) is 0 Å². The number of hydrogen-bond acceptors (Lipinski definition) is 4. The molecule has 0 aliphatic carbocycles. The molecule has 0 amide bonds. The number of benzene rings is 2. The Morgan fingerprint density at radius 1 is 1.05 bits per heavy atom. The third-order valence-corrected chi connectivity index (χ3v) is 4.25. The van der Waals surface area contributed by atoms with E-state index in [-0.39, 0.29) is 21.3 Å². The molecule has 0 unspecified atom stereocenters. The molecule has 0 fully saturated rings. The van der Waals surface area contributed by atoms with Crippen molar-refractivity contribution in [2.45, 2.75) is 4.90 Å². The number of nitro groups is 1. The molecule has 0 radical (unpaired) electrons. The van der Waals surface area contributed by atoms with Crippen LogP contribution in [0.15, 0.2) is 63.9 Å². The maximum atomic E-state index is 12.0. The van der Waals surface area contributed by atoms with Crippen molar-refractivity contribution in [1.82, 2.24) is 0 Å². The number of sulfonamides is 1. The van der Waals surface area contributed by atoms with Crippen molar-refractivity contribution >= 4 is 32.5 Å². The summed E-state index contributed by atoms with van der Waals surface area (Å²) in [5.41, 5.74) is 0.163. The quantitative estimate of drug-likeness (QED) is 0.491. The van der Waals surface area contributed by atoms with E-state index in [1.54, 1.807) is 18.2 Å². The van der Waals surface area contributed by atoms with Gasteiger partial charge in [-0.1, -0.05) is 29.8 Å². The van der Waals surface area contributed by atoms with Crippen LogP contribution < -0.4 is 0 Å². The predicted octanol–water partition coefficient (Wildman–Crippen LogP) is 2.97. The molecule has 0 atom stereocenters. The first-order valence-corrected chi connectivity index (χ1v) is 7.52. The molecule has 2 aromatic rings. The molecule has 0 spiro atoms. The summed E-state index contributed by atoms with van der Waals surface area (Å²) < 4.78 is 27.5. The lowest BCUT2D eigenvalue weighted by Gasteiger charge is -2.01. The van der Waals surface area contributed by atoms with Gasteiger partial charge in [0, 0.05) is 17.7 Å². The van der Waals surface area contributed by atoms with Gasteiger partial charge in [-0.2, -0.15) is 8.42 Å². The molecule has 108 valence electrons. The normalized spacial score (nSPS) is 12.1. The van der Waals surface area contributed by atoms with Crippen LogP contribution in [0.4, 0.5) is 5.69 Å². The molecule has 2 aromatic carbocycles. The van der Waals surface area contributed by atoms with Crippen molar-refractivity contribution in [3.05, 3.63) is 70.3 Å². The third kappa shape index (κ3) is 3.65. The summed E-state index contributed by atoms with van der Waals surface area (Å²) >= 11 is 5.87. The minimum atomic E-state index is -3.91. The summed E-state index contributed by atoms with van der Waals surface area (Å²) in [4.78, 5) is 10.0. The van der Waals surface area contributed by atoms with E-state index in [4.69, 9.17) is 11.6 Å². The SMILES string of the molecule is O=[N+]([O-])c1ccc(/C(Cl)=N/S(=O)(=O)c2ccccc2)cc1. The Bertz CT molecular complexity index is 787. The molecule has 0 bridgehead atoms. The fourth-order valence-corrected chi connectivity index (χ4v) is 2.85. The number of hydrogen-bond donors (Lipinski definition) is 0. The molecule has 0 aliphatic rings. The van der Waals surface area contributed by atoms with Gasteiger partial charge < -0.3 is 0 Å². The Balaban J connectivity index is 2.35. The molecule has 2 rings (SSSR count). The van der Waals surface area contributed by atoms with Crippen molar-refractivity contribution in [2.75, 3.05) is 0 Å². The minimum Gasteiger partial charge on any atom is -0.258 e. The summed E-state index contributed by atoms with van der Waals surface area (Å²) in [5.74, 6) is 0. The van der Waals surface area contributed by atoms with Crippen LogP contribution in [0.1, 0.15) is 5.56 Å². The predicted molar refractivity (Wildman–Crippen MR) is 79.1 cm³/mol. The number of halogens is 1. The molecule has 0 saturated carbocycles. The highest BCUT2D eigenvalue weighted by atomic mass is 35.5. The van der Waals surface area contributed by atoms with Gasteiger partial charge in [0.2, 0.25) is 0 Å². The van der Waals surface area contributed by atoms with Gasteiger partial charge in [-0.15, -0.1) is 4.40 Å². The zero-order valence-corrected chi connectivity index (χ0v) is 12.1. The Morgan fingerprint density at radius 3 is 2.14 bits per heavy atom. The average molecular weight is 325 g/mol. The van der Waals surface area contributed by atoms with Gasteiger partial charge >= 0.3 is 0 Å². The van der Waals surface area contributed by atoms with Gasteiger partial charge in [-0.25, -0.2) is 0 Å². The van der Waals surface area contributed by atoms with Crippen LogP contribution in [0.25, 0.3) is 0 Å². The van der Waals surface area contributed by atoms with Gasteiger partial charge in [0.1, 0.15) is 5.17 Å².